The average Bonchev–Trinajstić information content (AvgIpc) is 2.36. The smallest absolute Gasteiger partial charge is 0.478 e. The molecule has 0 aromatic heterocycles. The fourth-order valence-electron chi connectivity index (χ4n) is 1.23. The maximum absolute atomic E-state index is 12.7. The summed E-state index contributed by atoms with van der Waals surface area (Å²) in [6.45, 7) is 0. The number of halogens is 2. The van der Waals surface area contributed by atoms with Crippen LogP contribution in [-0.2, 0) is 0 Å². The normalized spacial score (nSPS) is 16.7. The fourth-order valence-corrected chi connectivity index (χ4v) is 1.23. The Balaban J connectivity index is 2.52. The molecular formula is C8H5F2NO3. The van der Waals surface area contributed by atoms with Crippen LogP contribution in [0.1, 0.15) is 10.4 Å². The standard InChI is InChI=1S/C8H5F2NO3/c9-8(10)11-6-4(7(12)13)2-1-3-5(6)14-8/h1-3,11H,(H,12,13). The Bertz CT molecular complexity index is 406. The number of alkyl halides is 2. The van der Waals surface area contributed by atoms with Gasteiger partial charge in [0, 0.05) is 0 Å². The van der Waals surface area contributed by atoms with Crippen LogP contribution in [0.3, 0.4) is 0 Å². The van der Waals surface area contributed by atoms with Gasteiger partial charge in [-0.2, -0.15) is 0 Å². The molecule has 1 heterocycles. The van der Waals surface area contributed by atoms with E-state index in [0.29, 0.717) is 0 Å². The first kappa shape index (κ1) is 8.74. The molecule has 0 saturated heterocycles. The fraction of sp³-hybridized carbons (Fsp3) is 0.125. The van der Waals surface area contributed by atoms with Gasteiger partial charge in [0.25, 0.3) is 0 Å². The Morgan fingerprint density at radius 3 is 2.86 bits per heavy atom. The Hall–Kier alpha value is -1.85. The monoisotopic (exact) mass is 201 g/mol. The first-order valence-corrected chi connectivity index (χ1v) is 3.71. The van der Waals surface area contributed by atoms with E-state index in [1.807, 2.05) is 0 Å². The molecule has 6 heteroatoms. The van der Waals surface area contributed by atoms with Crippen LogP contribution in [0.5, 0.6) is 5.75 Å². The number of carboxylic acids is 1. The highest BCUT2D eigenvalue weighted by Crippen LogP contribution is 2.40. The van der Waals surface area contributed by atoms with Crippen LogP contribution in [0, 0.1) is 0 Å². The van der Waals surface area contributed by atoms with E-state index >= 15 is 0 Å². The van der Waals surface area contributed by atoms with Gasteiger partial charge in [0.2, 0.25) is 0 Å². The number of hydrogen-bond donors (Lipinski definition) is 2. The van der Waals surface area contributed by atoms with Crippen molar-refractivity contribution in [3.8, 4) is 5.75 Å². The summed E-state index contributed by atoms with van der Waals surface area (Å²) in [4.78, 5) is 10.6. The van der Waals surface area contributed by atoms with Crippen molar-refractivity contribution in [2.45, 2.75) is 6.23 Å². The molecule has 2 N–H and O–H groups in total. The molecule has 0 amide bonds. The molecule has 0 fully saturated rings. The minimum atomic E-state index is -3.53. The molecule has 0 unspecified atom stereocenters. The maximum atomic E-state index is 12.7. The average molecular weight is 201 g/mol. The van der Waals surface area contributed by atoms with Crippen LogP contribution in [0.25, 0.3) is 0 Å². The second-order valence-electron chi connectivity index (χ2n) is 2.73. The van der Waals surface area contributed by atoms with Crippen molar-refractivity contribution in [2.24, 2.45) is 0 Å². The topological polar surface area (TPSA) is 58.6 Å². The van der Waals surface area contributed by atoms with E-state index in [4.69, 9.17) is 5.11 Å². The van der Waals surface area contributed by atoms with Gasteiger partial charge in [-0.1, -0.05) is 6.07 Å². The first-order valence-electron chi connectivity index (χ1n) is 3.71. The summed E-state index contributed by atoms with van der Waals surface area (Å²) in [5.41, 5.74) is -0.426. The summed E-state index contributed by atoms with van der Waals surface area (Å²) < 4.78 is 29.5. The van der Waals surface area contributed by atoms with E-state index < -0.39 is 12.2 Å². The SMILES string of the molecule is O=C(O)c1cccc2c1NC(F)(F)O2. The Labute approximate surface area is 77.1 Å². The van der Waals surface area contributed by atoms with Crippen LogP contribution < -0.4 is 10.1 Å². The Morgan fingerprint density at radius 2 is 2.21 bits per heavy atom. The van der Waals surface area contributed by atoms with Gasteiger partial charge in [0.05, 0.1) is 11.3 Å². The van der Waals surface area contributed by atoms with E-state index in [1.165, 1.54) is 18.2 Å². The lowest BCUT2D eigenvalue weighted by atomic mass is 10.1. The molecule has 2 rings (SSSR count). The maximum Gasteiger partial charge on any atom is 0.494 e. The van der Waals surface area contributed by atoms with Crippen molar-refractivity contribution in [2.75, 3.05) is 5.32 Å². The van der Waals surface area contributed by atoms with Crippen molar-refractivity contribution < 1.29 is 23.4 Å². The number of carbonyl (C=O) groups is 1. The molecule has 0 aliphatic carbocycles. The molecule has 0 saturated carbocycles. The third-order valence-electron chi connectivity index (χ3n) is 1.77. The van der Waals surface area contributed by atoms with E-state index in [1.54, 1.807) is 5.32 Å². The van der Waals surface area contributed by atoms with Gasteiger partial charge in [-0.15, -0.1) is 8.78 Å². The van der Waals surface area contributed by atoms with E-state index in [0.717, 1.165) is 0 Å². The zero-order valence-corrected chi connectivity index (χ0v) is 6.75. The van der Waals surface area contributed by atoms with Crippen molar-refractivity contribution in [1.82, 2.24) is 0 Å². The van der Waals surface area contributed by atoms with E-state index in [-0.39, 0.29) is 17.0 Å². The highest BCUT2D eigenvalue weighted by atomic mass is 19.3. The number of carboxylic acid groups (broad SMARTS) is 1. The van der Waals surface area contributed by atoms with Gasteiger partial charge in [0.15, 0.2) is 5.75 Å². The molecule has 0 atom stereocenters. The zero-order chi connectivity index (χ0) is 10.3. The van der Waals surface area contributed by atoms with Gasteiger partial charge >= 0.3 is 12.2 Å². The lowest BCUT2D eigenvalue weighted by Crippen LogP contribution is -2.28. The summed E-state index contributed by atoms with van der Waals surface area (Å²) in [7, 11) is 0. The lowest BCUT2D eigenvalue weighted by Gasteiger charge is -2.06. The summed E-state index contributed by atoms with van der Waals surface area (Å²) >= 11 is 0. The van der Waals surface area contributed by atoms with Gasteiger partial charge in [0.1, 0.15) is 0 Å². The molecular weight excluding hydrogens is 196 g/mol. The predicted molar refractivity (Wildman–Crippen MR) is 42.6 cm³/mol. The molecule has 1 aliphatic rings. The number of aromatic carboxylic acids is 1. The molecule has 14 heavy (non-hydrogen) atoms. The minimum absolute atomic E-state index is 0.157. The number of para-hydroxylation sites is 1. The second-order valence-corrected chi connectivity index (χ2v) is 2.73. The summed E-state index contributed by atoms with van der Waals surface area (Å²) in [6, 6.07) is 3.83. The summed E-state index contributed by atoms with van der Waals surface area (Å²) in [6.07, 6.45) is -3.53. The molecule has 1 aromatic carbocycles. The predicted octanol–water partition coefficient (Wildman–Crippen LogP) is 1.74. The number of ether oxygens (including phenoxy) is 1. The molecule has 0 spiro atoms. The number of fused-ring (bicyclic) bond motifs is 1. The van der Waals surface area contributed by atoms with Gasteiger partial charge in [-0.25, -0.2) is 4.79 Å². The Kier molecular flexibility index (Phi) is 1.60. The summed E-state index contributed by atoms with van der Waals surface area (Å²) in [5, 5.41) is 10.4. The molecule has 1 aromatic rings. The lowest BCUT2D eigenvalue weighted by molar-refractivity contribution is -0.138. The second kappa shape index (κ2) is 2.57. The summed E-state index contributed by atoms with van der Waals surface area (Å²) in [5.74, 6) is -1.44. The van der Waals surface area contributed by atoms with Gasteiger partial charge < -0.3 is 9.84 Å². The molecule has 0 radical (unpaired) electrons. The van der Waals surface area contributed by atoms with Gasteiger partial charge in [-0.3, -0.25) is 5.32 Å². The third-order valence-corrected chi connectivity index (χ3v) is 1.77. The van der Waals surface area contributed by atoms with Crippen LogP contribution in [-0.4, -0.2) is 17.3 Å². The Morgan fingerprint density at radius 1 is 1.50 bits per heavy atom. The van der Waals surface area contributed by atoms with Crippen molar-refractivity contribution >= 4 is 11.7 Å². The van der Waals surface area contributed by atoms with Crippen LogP contribution in [0.2, 0.25) is 0 Å². The number of hydrogen-bond acceptors (Lipinski definition) is 3. The minimum Gasteiger partial charge on any atom is -0.478 e. The molecule has 0 bridgehead atoms. The zero-order valence-electron chi connectivity index (χ0n) is 6.75. The van der Waals surface area contributed by atoms with Crippen molar-refractivity contribution in [3.63, 3.8) is 0 Å². The number of nitrogens with one attached hydrogen (secondary N) is 1. The van der Waals surface area contributed by atoms with E-state index in [2.05, 4.69) is 4.74 Å². The first-order chi connectivity index (χ1) is 6.49. The van der Waals surface area contributed by atoms with Crippen LogP contribution in [0.15, 0.2) is 18.2 Å². The molecule has 1 aliphatic heterocycles. The molecule has 4 nitrogen and oxygen atoms in total. The quantitative estimate of drug-likeness (QED) is 0.679. The van der Waals surface area contributed by atoms with Crippen molar-refractivity contribution in [1.29, 1.82) is 0 Å². The largest absolute Gasteiger partial charge is 0.494 e. The number of anilines is 1. The van der Waals surface area contributed by atoms with Crippen LogP contribution in [0.4, 0.5) is 14.5 Å². The highest BCUT2D eigenvalue weighted by Gasteiger charge is 2.41. The van der Waals surface area contributed by atoms with E-state index in [9.17, 15) is 13.6 Å². The highest BCUT2D eigenvalue weighted by molar-refractivity contribution is 5.96. The van der Waals surface area contributed by atoms with Gasteiger partial charge in [-0.05, 0) is 12.1 Å². The number of rotatable bonds is 1. The third kappa shape index (κ3) is 1.24. The number of benzene rings is 1. The molecule has 74 valence electrons. The van der Waals surface area contributed by atoms with Crippen LogP contribution >= 0.6 is 0 Å². The van der Waals surface area contributed by atoms with Crippen molar-refractivity contribution in [3.05, 3.63) is 23.8 Å².